The van der Waals surface area contributed by atoms with Crippen molar-refractivity contribution in [3.8, 4) is 17.2 Å². The van der Waals surface area contributed by atoms with Crippen molar-refractivity contribution in [2.24, 2.45) is 4.99 Å². The lowest BCUT2D eigenvalue weighted by atomic mass is 10.1. The van der Waals surface area contributed by atoms with Gasteiger partial charge in [-0.05, 0) is 36.8 Å². The Hall–Kier alpha value is -4.33. The first-order chi connectivity index (χ1) is 15.4. The number of aromatic nitrogens is 1. The number of aromatic hydroxyl groups is 1. The van der Waals surface area contributed by atoms with E-state index in [1.54, 1.807) is 42.6 Å². The monoisotopic (exact) mass is 431 g/mol. The van der Waals surface area contributed by atoms with Crippen molar-refractivity contribution in [2.75, 3.05) is 19.5 Å². The fourth-order valence-electron chi connectivity index (χ4n) is 3.05. The van der Waals surface area contributed by atoms with Crippen molar-refractivity contribution in [3.63, 3.8) is 0 Å². The third kappa shape index (κ3) is 4.54. The van der Waals surface area contributed by atoms with Crippen LogP contribution in [0.2, 0.25) is 0 Å². The van der Waals surface area contributed by atoms with Gasteiger partial charge in [0.25, 0.3) is 5.91 Å². The minimum atomic E-state index is -0.436. The number of methoxy groups -OCH3 is 2. The lowest BCUT2D eigenvalue weighted by molar-refractivity contribution is 0.102. The largest absolute Gasteiger partial charge is 0.508 e. The van der Waals surface area contributed by atoms with Crippen molar-refractivity contribution >= 4 is 28.4 Å². The molecule has 0 bridgehead atoms. The van der Waals surface area contributed by atoms with E-state index >= 15 is 0 Å². The summed E-state index contributed by atoms with van der Waals surface area (Å²) in [6.45, 7) is 1.91. The predicted molar refractivity (Wildman–Crippen MR) is 120 cm³/mol. The molecule has 2 aromatic heterocycles. The molecule has 0 aliphatic heterocycles. The van der Waals surface area contributed by atoms with Crippen LogP contribution in [0.4, 0.5) is 11.5 Å². The number of ether oxygens (including phenoxy) is 2. The van der Waals surface area contributed by atoms with Gasteiger partial charge in [0, 0.05) is 35.8 Å². The molecule has 2 heterocycles. The molecule has 0 unspecified atom stereocenters. The maximum absolute atomic E-state index is 13.1. The Morgan fingerprint density at radius 1 is 1.03 bits per heavy atom. The molecule has 0 atom stereocenters. The molecule has 162 valence electrons. The maximum Gasteiger partial charge on any atom is 0.262 e. The zero-order valence-corrected chi connectivity index (χ0v) is 17.7. The summed E-state index contributed by atoms with van der Waals surface area (Å²) >= 11 is 0. The van der Waals surface area contributed by atoms with Crippen molar-refractivity contribution in [1.82, 2.24) is 4.98 Å². The van der Waals surface area contributed by atoms with Gasteiger partial charge in [0.05, 0.1) is 19.9 Å². The summed E-state index contributed by atoms with van der Waals surface area (Å²) < 4.78 is 16.5. The zero-order chi connectivity index (χ0) is 22.7. The van der Waals surface area contributed by atoms with Crippen LogP contribution in [0, 0.1) is 6.92 Å². The smallest absolute Gasteiger partial charge is 0.262 e. The van der Waals surface area contributed by atoms with Crippen molar-refractivity contribution in [2.45, 2.75) is 6.92 Å². The Labute approximate surface area is 183 Å². The third-order valence-corrected chi connectivity index (χ3v) is 4.70. The molecule has 1 amide bonds. The van der Waals surface area contributed by atoms with Crippen LogP contribution in [0.15, 0.2) is 70.2 Å². The Kier molecular flexibility index (Phi) is 5.76. The first-order valence-corrected chi connectivity index (χ1v) is 9.74. The Bertz CT molecular complexity index is 1340. The number of nitrogens with one attached hydrogen (secondary N) is 1. The van der Waals surface area contributed by atoms with Crippen LogP contribution in [0.3, 0.4) is 0 Å². The Morgan fingerprint density at radius 3 is 2.44 bits per heavy atom. The topological polar surface area (TPSA) is 106 Å². The molecule has 32 heavy (non-hydrogen) atoms. The van der Waals surface area contributed by atoms with Crippen LogP contribution in [0.5, 0.6) is 17.2 Å². The van der Waals surface area contributed by atoms with E-state index in [1.807, 2.05) is 13.0 Å². The summed E-state index contributed by atoms with van der Waals surface area (Å²) in [7, 11) is 3.07. The van der Waals surface area contributed by atoms with Gasteiger partial charge in [-0.2, -0.15) is 0 Å². The highest BCUT2D eigenvalue weighted by molar-refractivity contribution is 6.05. The minimum Gasteiger partial charge on any atom is -0.508 e. The van der Waals surface area contributed by atoms with Crippen molar-refractivity contribution in [1.29, 1.82) is 0 Å². The first kappa shape index (κ1) is 20.9. The average Bonchev–Trinajstić information content (AvgIpc) is 2.79. The number of hydrogen-bond donors (Lipinski definition) is 2. The standard InChI is InChI=1S/C24H21N3O5/c1-14-4-7-22(25-13-14)27-23(29)20-8-15-5-6-17(28)11-21(15)32-24(20)26-16-9-18(30-2)12-19(10-16)31-3/h4-13,28H,1-3H3,(H,25,27,29). The van der Waals surface area contributed by atoms with E-state index in [1.165, 1.54) is 26.4 Å². The zero-order valence-electron chi connectivity index (χ0n) is 17.7. The molecule has 0 spiro atoms. The number of carbonyl (C=O) groups is 1. The van der Waals surface area contributed by atoms with E-state index in [9.17, 15) is 9.90 Å². The van der Waals surface area contributed by atoms with E-state index in [0.717, 1.165) is 5.56 Å². The minimum absolute atomic E-state index is 0.0382. The number of pyridine rings is 1. The fourth-order valence-corrected chi connectivity index (χ4v) is 3.05. The van der Waals surface area contributed by atoms with E-state index < -0.39 is 5.91 Å². The van der Waals surface area contributed by atoms with Gasteiger partial charge in [-0.25, -0.2) is 9.98 Å². The van der Waals surface area contributed by atoms with Crippen molar-refractivity contribution < 1.29 is 23.8 Å². The molecular formula is C24H21N3O5. The molecule has 0 fully saturated rings. The maximum atomic E-state index is 13.1. The van der Waals surface area contributed by atoms with Crippen LogP contribution >= 0.6 is 0 Å². The molecular weight excluding hydrogens is 410 g/mol. The van der Waals surface area contributed by atoms with Gasteiger partial charge in [-0.3, -0.25) is 4.79 Å². The highest BCUT2D eigenvalue weighted by atomic mass is 16.5. The molecule has 8 heteroatoms. The molecule has 8 nitrogen and oxygen atoms in total. The normalized spacial score (nSPS) is 11.4. The predicted octanol–water partition coefficient (Wildman–Crippen LogP) is 4.34. The van der Waals surface area contributed by atoms with Crippen LogP contribution < -0.4 is 20.3 Å². The quantitative estimate of drug-likeness (QED) is 0.487. The SMILES string of the molecule is COc1cc(N=c2oc3cc(O)ccc3cc2C(=O)Nc2ccc(C)cn2)cc(OC)c1. The van der Waals surface area contributed by atoms with E-state index in [2.05, 4.69) is 15.3 Å². The van der Waals surface area contributed by atoms with Crippen LogP contribution in [-0.4, -0.2) is 30.2 Å². The van der Waals surface area contributed by atoms with Gasteiger partial charge in [0.15, 0.2) is 0 Å². The molecule has 0 aliphatic rings. The molecule has 2 aromatic carbocycles. The fraction of sp³-hybridized carbons (Fsp3) is 0.125. The summed E-state index contributed by atoms with van der Waals surface area (Å²) in [5.41, 5.74) is 2.08. The summed E-state index contributed by atoms with van der Waals surface area (Å²) in [5.74, 6) is 1.08. The number of carbonyl (C=O) groups excluding carboxylic acids is 1. The van der Waals surface area contributed by atoms with Crippen LogP contribution in [0.25, 0.3) is 11.0 Å². The number of benzene rings is 2. The third-order valence-electron chi connectivity index (χ3n) is 4.70. The van der Waals surface area contributed by atoms with Crippen LogP contribution in [0.1, 0.15) is 15.9 Å². The molecule has 2 N–H and O–H groups in total. The van der Waals surface area contributed by atoms with Crippen molar-refractivity contribution in [3.05, 3.63) is 77.5 Å². The van der Waals surface area contributed by atoms with Gasteiger partial charge in [-0.15, -0.1) is 0 Å². The van der Waals surface area contributed by atoms with Gasteiger partial charge in [-0.1, -0.05) is 6.07 Å². The number of rotatable bonds is 5. The van der Waals surface area contributed by atoms with E-state index in [4.69, 9.17) is 13.9 Å². The number of phenols is 1. The second-order valence-electron chi connectivity index (χ2n) is 7.04. The highest BCUT2D eigenvalue weighted by Crippen LogP contribution is 2.28. The van der Waals surface area contributed by atoms with Gasteiger partial charge < -0.3 is 24.3 Å². The van der Waals surface area contributed by atoms with Crippen LogP contribution in [-0.2, 0) is 0 Å². The van der Waals surface area contributed by atoms with Gasteiger partial charge >= 0.3 is 0 Å². The number of phenolic OH excluding ortho intramolecular Hbond substituents is 1. The number of fused-ring (bicyclic) bond motifs is 1. The first-order valence-electron chi connectivity index (χ1n) is 9.74. The molecule has 0 saturated carbocycles. The molecule has 4 aromatic rings. The second kappa shape index (κ2) is 8.81. The highest BCUT2D eigenvalue weighted by Gasteiger charge is 2.14. The second-order valence-corrected chi connectivity index (χ2v) is 7.04. The Morgan fingerprint density at radius 2 is 1.78 bits per heavy atom. The van der Waals surface area contributed by atoms with Gasteiger partial charge in [0.1, 0.15) is 34.2 Å². The summed E-state index contributed by atoms with van der Waals surface area (Å²) in [5, 5.41) is 13.2. The average molecular weight is 431 g/mol. The Balaban J connectivity index is 1.87. The molecule has 0 radical (unpaired) electrons. The molecule has 0 aliphatic carbocycles. The number of amides is 1. The summed E-state index contributed by atoms with van der Waals surface area (Å²) in [6.07, 6.45) is 1.66. The van der Waals surface area contributed by atoms with E-state index in [-0.39, 0.29) is 16.9 Å². The van der Waals surface area contributed by atoms with Gasteiger partial charge in [0.2, 0.25) is 5.55 Å². The number of anilines is 1. The lowest BCUT2D eigenvalue weighted by Crippen LogP contribution is -2.22. The number of aryl methyl sites for hydroxylation is 1. The number of hydrogen-bond acceptors (Lipinski definition) is 7. The lowest BCUT2D eigenvalue weighted by Gasteiger charge is -2.08. The van der Waals surface area contributed by atoms with E-state index in [0.29, 0.717) is 34.0 Å². The number of nitrogens with zero attached hydrogens (tertiary/aromatic N) is 2. The molecule has 4 rings (SSSR count). The summed E-state index contributed by atoms with van der Waals surface area (Å²) in [6, 6.07) is 14.9. The summed E-state index contributed by atoms with van der Waals surface area (Å²) in [4.78, 5) is 21.8. The molecule has 0 saturated heterocycles.